The van der Waals surface area contributed by atoms with Gasteiger partial charge in [-0.25, -0.2) is 4.39 Å². The van der Waals surface area contributed by atoms with Gasteiger partial charge in [0.25, 0.3) is 5.91 Å². The second kappa shape index (κ2) is 9.93. The van der Waals surface area contributed by atoms with Crippen LogP contribution in [0.1, 0.15) is 35.1 Å². The fourth-order valence-corrected chi connectivity index (χ4v) is 2.58. The standard InChI is InChI=1S/C17H21FN4O3S/c1-11(2)7-8-19-14(23)9-25-10-15-21-22-17(26-15)16(24)20-13-5-3-12(18)4-6-13/h3-6,11H,7-10H2,1-2H3,(H,19,23)(H,20,24). The summed E-state index contributed by atoms with van der Waals surface area (Å²) >= 11 is 1.07. The predicted octanol–water partition coefficient (Wildman–Crippen LogP) is 2.61. The topological polar surface area (TPSA) is 93.2 Å². The number of hydrogen-bond donors (Lipinski definition) is 2. The molecule has 2 N–H and O–H groups in total. The molecule has 0 saturated heterocycles. The van der Waals surface area contributed by atoms with E-state index in [0.717, 1.165) is 17.8 Å². The number of carbonyl (C=O) groups excluding carboxylic acids is 2. The molecule has 2 amide bonds. The SMILES string of the molecule is CC(C)CCNC(=O)COCc1nnc(C(=O)Nc2ccc(F)cc2)s1. The molecule has 0 aliphatic carbocycles. The monoisotopic (exact) mass is 380 g/mol. The third-order valence-electron chi connectivity index (χ3n) is 3.27. The predicted molar refractivity (Wildman–Crippen MR) is 96.4 cm³/mol. The highest BCUT2D eigenvalue weighted by atomic mass is 32.1. The maximum atomic E-state index is 12.9. The van der Waals surface area contributed by atoms with E-state index in [-0.39, 0.29) is 29.9 Å². The molecule has 0 fully saturated rings. The van der Waals surface area contributed by atoms with Crippen LogP contribution in [0.3, 0.4) is 0 Å². The van der Waals surface area contributed by atoms with E-state index in [4.69, 9.17) is 4.74 Å². The van der Waals surface area contributed by atoms with Crippen LogP contribution in [0.4, 0.5) is 10.1 Å². The molecule has 0 saturated carbocycles. The molecular formula is C17H21FN4O3S. The summed E-state index contributed by atoms with van der Waals surface area (Å²) in [7, 11) is 0. The van der Waals surface area contributed by atoms with Gasteiger partial charge in [-0.3, -0.25) is 9.59 Å². The van der Waals surface area contributed by atoms with Gasteiger partial charge in [-0.15, -0.1) is 10.2 Å². The van der Waals surface area contributed by atoms with Crippen LogP contribution >= 0.6 is 11.3 Å². The number of halogens is 1. The number of anilines is 1. The summed E-state index contributed by atoms with van der Waals surface area (Å²) in [6.45, 7) is 4.81. The van der Waals surface area contributed by atoms with E-state index in [1.807, 2.05) is 0 Å². The Kier molecular flexibility index (Phi) is 7.61. The molecule has 1 aromatic carbocycles. The van der Waals surface area contributed by atoms with E-state index >= 15 is 0 Å². The molecule has 0 bridgehead atoms. The van der Waals surface area contributed by atoms with Gasteiger partial charge in [0, 0.05) is 12.2 Å². The zero-order chi connectivity index (χ0) is 18.9. The number of benzene rings is 1. The van der Waals surface area contributed by atoms with Gasteiger partial charge in [-0.2, -0.15) is 0 Å². The van der Waals surface area contributed by atoms with Gasteiger partial charge in [0.15, 0.2) is 0 Å². The van der Waals surface area contributed by atoms with Gasteiger partial charge in [-0.1, -0.05) is 25.2 Å². The maximum absolute atomic E-state index is 12.9. The van der Waals surface area contributed by atoms with Gasteiger partial charge >= 0.3 is 0 Å². The number of rotatable bonds is 9. The quantitative estimate of drug-likeness (QED) is 0.697. The Hall–Kier alpha value is -2.39. The van der Waals surface area contributed by atoms with Crippen LogP contribution < -0.4 is 10.6 Å². The first kappa shape index (κ1) is 19.9. The smallest absolute Gasteiger partial charge is 0.286 e. The minimum atomic E-state index is -0.438. The van der Waals surface area contributed by atoms with E-state index in [0.29, 0.717) is 23.2 Å². The van der Waals surface area contributed by atoms with Crippen LogP contribution in [0.5, 0.6) is 0 Å². The van der Waals surface area contributed by atoms with Crippen LogP contribution in [-0.4, -0.2) is 35.2 Å². The van der Waals surface area contributed by atoms with Crippen LogP contribution in [0, 0.1) is 11.7 Å². The number of carbonyl (C=O) groups is 2. The number of aromatic nitrogens is 2. The Bertz CT molecular complexity index is 734. The molecule has 1 aromatic heterocycles. The number of nitrogens with zero attached hydrogens (tertiary/aromatic N) is 2. The van der Waals surface area contributed by atoms with Crippen molar-refractivity contribution >= 4 is 28.8 Å². The first-order chi connectivity index (χ1) is 12.4. The first-order valence-corrected chi connectivity index (χ1v) is 8.99. The van der Waals surface area contributed by atoms with Gasteiger partial charge in [0.1, 0.15) is 24.0 Å². The molecule has 9 heteroatoms. The van der Waals surface area contributed by atoms with Crippen LogP contribution in [0.2, 0.25) is 0 Å². The summed E-state index contributed by atoms with van der Waals surface area (Å²) in [5.74, 6) is -0.486. The lowest BCUT2D eigenvalue weighted by Gasteiger charge is -2.06. The summed E-state index contributed by atoms with van der Waals surface area (Å²) < 4.78 is 18.1. The highest BCUT2D eigenvalue weighted by Crippen LogP contribution is 2.14. The average Bonchev–Trinajstić information content (AvgIpc) is 3.05. The molecular weight excluding hydrogens is 359 g/mol. The van der Waals surface area contributed by atoms with Crippen molar-refractivity contribution in [2.75, 3.05) is 18.5 Å². The molecule has 0 spiro atoms. The van der Waals surface area contributed by atoms with Gasteiger partial charge in [0.2, 0.25) is 10.9 Å². The summed E-state index contributed by atoms with van der Waals surface area (Å²) in [4.78, 5) is 23.7. The minimum absolute atomic E-state index is 0.0746. The van der Waals surface area contributed by atoms with Crippen molar-refractivity contribution in [3.8, 4) is 0 Å². The Morgan fingerprint density at radius 1 is 1.23 bits per heavy atom. The summed E-state index contributed by atoms with van der Waals surface area (Å²) in [5.41, 5.74) is 0.461. The largest absolute Gasteiger partial charge is 0.364 e. The van der Waals surface area contributed by atoms with Crippen LogP contribution in [0.15, 0.2) is 24.3 Å². The lowest BCUT2D eigenvalue weighted by Crippen LogP contribution is -2.29. The molecule has 0 aliphatic rings. The van der Waals surface area contributed by atoms with Crippen molar-refractivity contribution < 1.29 is 18.7 Å². The van der Waals surface area contributed by atoms with Crippen molar-refractivity contribution in [3.63, 3.8) is 0 Å². The Morgan fingerprint density at radius 3 is 2.65 bits per heavy atom. The zero-order valence-electron chi connectivity index (χ0n) is 14.6. The average molecular weight is 380 g/mol. The summed E-state index contributed by atoms with van der Waals surface area (Å²) in [5, 5.41) is 13.7. The molecule has 0 unspecified atom stereocenters. The Morgan fingerprint density at radius 2 is 1.96 bits per heavy atom. The molecule has 7 nitrogen and oxygen atoms in total. The first-order valence-electron chi connectivity index (χ1n) is 8.18. The maximum Gasteiger partial charge on any atom is 0.286 e. The van der Waals surface area contributed by atoms with E-state index in [2.05, 4.69) is 34.7 Å². The fourth-order valence-electron chi connectivity index (χ4n) is 1.90. The van der Waals surface area contributed by atoms with Crippen molar-refractivity contribution in [2.45, 2.75) is 26.9 Å². The normalized spacial score (nSPS) is 10.8. The fraction of sp³-hybridized carbons (Fsp3) is 0.412. The van der Waals surface area contributed by atoms with E-state index < -0.39 is 5.91 Å². The van der Waals surface area contributed by atoms with E-state index in [1.54, 1.807) is 0 Å². The molecule has 2 rings (SSSR count). The van der Waals surface area contributed by atoms with Crippen LogP contribution in [-0.2, 0) is 16.1 Å². The van der Waals surface area contributed by atoms with E-state index in [9.17, 15) is 14.0 Å². The lowest BCUT2D eigenvalue weighted by molar-refractivity contribution is -0.126. The second-order valence-electron chi connectivity index (χ2n) is 5.99. The van der Waals surface area contributed by atoms with Crippen molar-refractivity contribution in [1.29, 1.82) is 0 Å². The van der Waals surface area contributed by atoms with Crippen LogP contribution in [0.25, 0.3) is 0 Å². The summed E-state index contributed by atoms with van der Waals surface area (Å²) in [6.07, 6.45) is 0.911. The third kappa shape index (κ3) is 6.85. The molecule has 0 aliphatic heterocycles. The van der Waals surface area contributed by atoms with Gasteiger partial charge < -0.3 is 15.4 Å². The van der Waals surface area contributed by atoms with Gasteiger partial charge in [-0.05, 0) is 36.6 Å². The van der Waals surface area contributed by atoms with Crippen molar-refractivity contribution in [1.82, 2.24) is 15.5 Å². The van der Waals surface area contributed by atoms with Crippen molar-refractivity contribution in [3.05, 3.63) is 40.1 Å². The number of hydrogen-bond acceptors (Lipinski definition) is 6. The van der Waals surface area contributed by atoms with E-state index in [1.165, 1.54) is 24.3 Å². The number of amides is 2. The zero-order valence-corrected chi connectivity index (χ0v) is 15.4. The Balaban J connectivity index is 1.74. The molecule has 26 heavy (non-hydrogen) atoms. The number of ether oxygens (including phenoxy) is 1. The molecule has 0 atom stereocenters. The highest BCUT2D eigenvalue weighted by molar-refractivity contribution is 7.13. The Labute approximate surface area is 155 Å². The molecule has 1 heterocycles. The molecule has 0 radical (unpaired) electrons. The molecule has 2 aromatic rings. The minimum Gasteiger partial charge on any atom is -0.364 e. The van der Waals surface area contributed by atoms with Gasteiger partial charge in [0.05, 0.1) is 0 Å². The highest BCUT2D eigenvalue weighted by Gasteiger charge is 2.13. The third-order valence-corrected chi connectivity index (χ3v) is 4.16. The molecule has 140 valence electrons. The lowest BCUT2D eigenvalue weighted by atomic mass is 10.1. The van der Waals surface area contributed by atoms with Crippen molar-refractivity contribution in [2.24, 2.45) is 5.92 Å². The number of nitrogens with one attached hydrogen (secondary N) is 2. The second-order valence-corrected chi connectivity index (χ2v) is 7.05. The summed E-state index contributed by atoms with van der Waals surface area (Å²) in [6, 6.07) is 5.41.